The second kappa shape index (κ2) is 8.36. The molecule has 160 valence electrons. The number of halogens is 1. The second-order valence-electron chi connectivity index (χ2n) is 8.12. The number of carbonyl (C=O) groups excluding carboxylic acids is 1. The third kappa shape index (κ3) is 4.05. The Morgan fingerprint density at radius 2 is 1.81 bits per heavy atom. The molecule has 1 atom stereocenters. The molecular weight excluding hydrogens is 412 g/mol. The van der Waals surface area contributed by atoms with Gasteiger partial charge in [0.1, 0.15) is 6.10 Å². The van der Waals surface area contributed by atoms with Crippen LogP contribution in [-0.4, -0.2) is 46.8 Å². The van der Waals surface area contributed by atoms with Gasteiger partial charge in [-0.15, -0.1) is 0 Å². The fraction of sp³-hybridized carbons (Fsp3) is 0.333. The van der Waals surface area contributed by atoms with Gasteiger partial charge in [-0.2, -0.15) is 5.10 Å². The highest BCUT2D eigenvalue weighted by molar-refractivity contribution is 6.30. The summed E-state index contributed by atoms with van der Waals surface area (Å²) in [4.78, 5) is 17.3. The van der Waals surface area contributed by atoms with Crippen LogP contribution in [0.15, 0.2) is 54.6 Å². The Labute approximate surface area is 187 Å². The summed E-state index contributed by atoms with van der Waals surface area (Å²) < 4.78 is 7.91. The van der Waals surface area contributed by atoms with E-state index in [1.165, 1.54) is 11.3 Å². The van der Waals surface area contributed by atoms with E-state index in [2.05, 4.69) is 41.2 Å². The van der Waals surface area contributed by atoms with Crippen molar-refractivity contribution in [3.63, 3.8) is 0 Å². The molecule has 0 aliphatic carbocycles. The van der Waals surface area contributed by atoms with Gasteiger partial charge < -0.3 is 14.5 Å². The van der Waals surface area contributed by atoms with E-state index in [0.717, 1.165) is 24.3 Å². The molecule has 2 aromatic carbocycles. The number of fused-ring (bicyclic) bond motifs is 1. The number of aryl methyl sites for hydroxylation is 1. The van der Waals surface area contributed by atoms with Crippen molar-refractivity contribution in [3.05, 3.63) is 82.1 Å². The molecule has 5 rings (SSSR count). The first-order valence-corrected chi connectivity index (χ1v) is 11.0. The van der Waals surface area contributed by atoms with Crippen LogP contribution >= 0.6 is 11.6 Å². The van der Waals surface area contributed by atoms with Crippen LogP contribution in [0.5, 0.6) is 0 Å². The lowest BCUT2D eigenvalue weighted by Gasteiger charge is -2.36. The monoisotopic (exact) mass is 436 g/mol. The predicted octanol–water partition coefficient (Wildman–Crippen LogP) is 4.08. The van der Waals surface area contributed by atoms with Gasteiger partial charge in [-0.05, 0) is 42.3 Å². The topological polar surface area (TPSA) is 50.6 Å². The lowest BCUT2D eigenvalue weighted by atomic mass is 10.1. The van der Waals surface area contributed by atoms with E-state index in [-0.39, 0.29) is 12.0 Å². The molecule has 0 spiro atoms. The number of aromatic nitrogens is 2. The van der Waals surface area contributed by atoms with Gasteiger partial charge in [0, 0.05) is 36.9 Å². The Balaban J connectivity index is 1.25. The molecule has 0 bridgehead atoms. The Bertz CT molecular complexity index is 1090. The third-order valence-corrected chi connectivity index (χ3v) is 6.37. The van der Waals surface area contributed by atoms with E-state index in [0.29, 0.717) is 37.0 Å². The van der Waals surface area contributed by atoms with Gasteiger partial charge in [0.15, 0.2) is 5.69 Å². The van der Waals surface area contributed by atoms with Gasteiger partial charge in [-0.3, -0.25) is 9.48 Å². The van der Waals surface area contributed by atoms with Gasteiger partial charge in [0.2, 0.25) is 0 Å². The van der Waals surface area contributed by atoms with Crippen molar-refractivity contribution >= 4 is 23.2 Å². The van der Waals surface area contributed by atoms with Gasteiger partial charge >= 0.3 is 0 Å². The van der Waals surface area contributed by atoms with E-state index in [1.54, 1.807) is 0 Å². The Morgan fingerprint density at radius 3 is 2.55 bits per heavy atom. The summed E-state index contributed by atoms with van der Waals surface area (Å²) in [7, 11) is 0. The van der Waals surface area contributed by atoms with Crippen LogP contribution in [0.2, 0.25) is 5.02 Å². The van der Waals surface area contributed by atoms with Crippen molar-refractivity contribution in [3.8, 4) is 0 Å². The zero-order valence-electron chi connectivity index (χ0n) is 17.5. The molecule has 1 fully saturated rings. The molecule has 7 heteroatoms. The number of rotatable bonds is 3. The Kier molecular flexibility index (Phi) is 5.42. The van der Waals surface area contributed by atoms with Gasteiger partial charge in [0.25, 0.3) is 5.91 Å². The number of hydrogen-bond donors (Lipinski definition) is 0. The maximum Gasteiger partial charge on any atom is 0.274 e. The van der Waals surface area contributed by atoms with Crippen LogP contribution in [0.4, 0.5) is 5.69 Å². The summed E-state index contributed by atoms with van der Waals surface area (Å²) in [6.45, 7) is 6.19. The molecule has 0 saturated carbocycles. The van der Waals surface area contributed by atoms with Crippen molar-refractivity contribution in [2.45, 2.75) is 26.2 Å². The minimum atomic E-state index is -0.0923. The second-order valence-corrected chi connectivity index (χ2v) is 8.56. The maximum atomic E-state index is 13.1. The fourth-order valence-corrected chi connectivity index (χ4v) is 4.47. The van der Waals surface area contributed by atoms with Crippen LogP contribution in [0.1, 0.15) is 33.4 Å². The molecule has 0 radical (unpaired) electrons. The van der Waals surface area contributed by atoms with Crippen molar-refractivity contribution in [2.24, 2.45) is 0 Å². The first-order chi connectivity index (χ1) is 15.1. The highest BCUT2D eigenvalue weighted by Crippen LogP contribution is 2.28. The molecule has 2 aliphatic rings. The highest BCUT2D eigenvalue weighted by Gasteiger charge is 2.28. The maximum absolute atomic E-state index is 13.1. The lowest BCUT2D eigenvalue weighted by molar-refractivity contribution is -0.00121. The molecule has 0 N–H and O–H groups in total. The van der Waals surface area contributed by atoms with Crippen molar-refractivity contribution in [1.82, 2.24) is 14.7 Å². The minimum Gasteiger partial charge on any atom is -0.368 e. The summed E-state index contributed by atoms with van der Waals surface area (Å²) in [6, 6.07) is 17.9. The number of nitrogens with zero attached hydrogens (tertiary/aromatic N) is 4. The number of carbonyl (C=O) groups is 1. The SMILES string of the molecule is Cc1ccccc1N1CCN(C(=O)c2cc3n(n2)CC(c2ccc(Cl)cc2)OC3)CC1. The Hall–Kier alpha value is -2.83. The summed E-state index contributed by atoms with van der Waals surface area (Å²) in [6.07, 6.45) is -0.0923. The van der Waals surface area contributed by atoms with Crippen molar-refractivity contribution in [2.75, 3.05) is 31.1 Å². The average molecular weight is 437 g/mol. The zero-order chi connectivity index (χ0) is 21.4. The lowest BCUT2D eigenvalue weighted by Crippen LogP contribution is -2.49. The molecule has 3 heterocycles. The molecule has 1 amide bonds. The molecule has 6 nitrogen and oxygen atoms in total. The standard InChI is InChI=1S/C24H25ClN4O2/c1-17-4-2-3-5-22(17)27-10-12-28(13-11-27)24(30)21-14-20-16-31-23(15-29(20)26-21)18-6-8-19(25)9-7-18/h2-9,14,23H,10-13,15-16H2,1H3. The number of amides is 1. The zero-order valence-corrected chi connectivity index (χ0v) is 18.3. The quantitative estimate of drug-likeness (QED) is 0.620. The molecule has 1 unspecified atom stereocenters. The number of benzene rings is 2. The van der Waals surface area contributed by atoms with E-state index in [4.69, 9.17) is 16.3 Å². The summed E-state index contributed by atoms with van der Waals surface area (Å²) >= 11 is 5.99. The molecule has 2 aliphatic heterocycles. The van der Waals surface area contributed by atoms with Gasteiger partial charge in [-0.1, -0.05) is 41.9 Å². The van der Waals surface area contributed by atoms with Crippen LogP contribution in [-0.2, 0) is 17.9 Å². The average Bonchev–Trinajstić information content (AvgIpc) is 3.23. The van der Waals surface area contributed by atoms with E-state index < -0.39 is 0 Å². The number of piperazine rings is 1. The Morgan fingerprint density at radius 1 is 1.06 bits per heavy atom. The van der Waals surface area contributed by atoms with Gasteiger partial charge in [0.05, 0.1) is 18.8 Å². The van der Waals surface area contributed by atoms with Gasteiger partial charge in [-0.25, -0.2) is 0 Å². The third-order valence-electron chi connectivity index (χ3n) is 6.12. The first kappa shape index (κ1) is 20.1. The van der Waals surface area contributed by atoms with E-state index in [9.17, 15) is 4.79 Å². The molecule has 31 heavy (non-hydrogen) atoms. The van der Waals surface area contributed by atoms with Crippen LogP contribution < -0.4 is 4.90 Å². The van der Waals surface area contributed by atoms with Crippen LogP contribution in [0, 0.1) is 6.92 Å². The largest absolute Gasteiger partial charge is 0.368 e. The molecule has 1 aromatic heterocycles. The fourth-order valence-electron chi connectivity index (χ4n) is 4.34. The number of para-hydroxylation sites is 1. The number of hydrogen-bond acceptors (Lipinski definition) is 4. The van der Waals surface area contributed by atoms with Crippen LogP contribution in [0.3, 0.4) is 0 Å². The summed E-state index contributed by atoms with van der Waals surface area (Å²) in [5, 5.41) is 5.32. The highest BCUT2D eigenvalue weighted by atomic mass is 35.5. The van der Waals surface area contributed by atoms with E-state index >= 15 is 0 Å². The van der Waals surface area contributed by atoms with Crippen LogP contribution in [0.25, 0.3) is 0 Å². The first-order valence-electron chi connectivity index (χ1n) is 10.6. The van der Waals surface area contributed by atoms with Crippen molar-refractivity contribution < 1.29 is 9.53 Å². The summed E-state index contributed by atoms with van der Waals surface area (Å²) in [5.74, 6) is -0.00521. The molecule has 1 saturated heterocycles. The predicted molar refractivity (Wildman–Crippen MR) is 121 cm³/mol. The minimum absolute atomic E-state index is 0.00521. The molecule has 3 aromatic rings. The normalized spacial score (nSPS) is 18.7. The molecular formula is C24H25ClN4O2. The summed E-state index contributed by atoms with van der Waals surface area (Å²) in [5.41, 5.74) is 5.01. The smallest absolute Gasteiger partial charge is 0.274 e. The number of ether oxygens (including phenoxy) is 1. The number of anilines is 1. The van der Waals surface area contributed by atoms with Crippen molar-refractivity contribution in [1.29, 1.82) is 0 Å². The van der Waals surface area contributed by atoms with E-state index in [1.807, 2.05) is 39.9 Å².